The van der Waals surface area contributed by atoms with Crippen LogP contribution >= 0.6 is 0 Å². The summed E-state index contributed by atoms with van der Waals surface area (Å²) in [7, 11) is 0. The molecule has 12 heteroatoms. The van der Waals surface area contributed by atoms with Crippen molar-refractivity contribution in [1.82, 2.24) is 0 Å². The molecule has 0 radical (unpaired) electrons. The largest absolute Gasteiger partial charge is 0.479 e. The van der Waals surface area contributed by atoms with Gasteiger partial charge in [-0.3, -0.25) is 14.4 Å². The third-order valence-electron chi connectivity index (χ3n) is 13.9. The Kier molecular flexibility index (Phi) is 50.3. The summed E-state index contributed by atoms with van der Waals surface area (Å²) in [4.78, 5) is 51.3. The van der Waals surface area contributed by atoms with Gasteiger partial charge >= 0.3 is 23.9 Å². The van der Waals surface area contributed by atoms with E-state index in [0.717, 1.165) is 148 Å². The lowest BCUT2D eigenvalue weighted by Crippen LogP contribution is -2.61. The van der Waals surface area contributed by atoms with Gasteiger partial charge in [0.15, 0.2) is 24.6 Å². The first-order valence-electron chi connectivity index (χ1n) is 31.6. The van der Waals surface area contributed by atoms with Crippen LogP contribution < -0.4 is 0 Å². The van der Waals surface area contributed by atoms with Crippen LogP contribution in [0.4, 0.5) is 0 Å². The lowest BCUT2D eigenvalue weighted by Gasteiger charge is -2.40. The minimum absolute atomic E-state index is 0.0457. The topological polar surface area (TPSA) is 175 Å². The van der Waals surface area contributed by atoms with Gasteiger partial charge in [-0.25, -0.2) is 4.79 Å². The van der Waals surface area contributed by atoms with Gasteiger partial charge in [0.2, 0.25) is 0 Å². The van der Waals surface area contributed by atoms with Gasteiger partial charge in [-0.15, -0.1) is 0 Å². The van der Waals surface area contributed by atoms with E-state index >= 15 is 0 Å². The van der Waals surface area contributed by atoms with Crippen molar-refractivity contribution >= 4 is 23.9 Å². The number of allylic oxidation sites excluding steroid dienone is 14. The van der Waals surface area contributed by atoms with Gasteiger partial charge in [0.05, 0.1) is 6.61 Å². The Labute approximate surface area is 480 Å². The van der Waals surface area contributed by atoms with Crippen molar-refractivity contribution in [3.63, 3.8) is 0 Å². The number of aliphatic carboxylic acids is 1. The first-order chi connectivity index (χ1) is 38.6. The molecule has 6 unspecified atom stereocenters. The maximum Gasteiger partial charge on any atom is 0.335 e. The molecule has 6 atom stereocenters. The molecule has 3 N–H and O–H groups in total. The van der Waals surface area contributed by atoms with Gasteiger partial charge in [0, 0.05) is 19.3 Å². The molecule has 1 aliphatic heterocycles. The van der Waals surface area contributed by atoms with Gasteiger partial charge in [-0.1, -0.05) is 215 Å². The summed E-state index contributed by atoms with van der Waals surface area (Å²) < 4.78 is 28.5. The molecule has 0 aromatic rings. The highest BCUT2D eigenvalue weighted by Gasteiger charge is 2.50. The molecule has 0 saturated carbocycles. The molecule has 79 heavy (non-hydrogen) atoms. The van der Waals surface area contributed by atoms with Crippen molar-refractivity contribution in [2.24, 2.45) is 0 Å². The van der Waals surface area contributed by atoms with E-state index < -0.39 is 67.3 Å². The molecule has 0 spiro atoms. The first-order valence-corrected chi connectivity index (χ1v) is 31.6. The van der Waals surface area contributed by atoms with Crippen molar-refractivity contribution in [1.29, 1.82) is 0 Å². The molecule has 0 aliphatic carbocycles. The van der Waals surface area contributed by atoms with E-state index in [2.05, 4.69) is 106 Å². The molecule has 0 amide bonds. The quantitative estimate of drug-likeness (QED) is 0.0228. The average molecular weight is 1110 g/mol. The molecular weight excluding hydrogens is 997 g/mol. The number of hydrogen-bond acceptors (Lipinski definition) is 11. The summed E-state index contributed by atoms with van der Waals surface area (Å²) in [6.45, 7) is 5.83. The fourth-order valence-corrected chi connectivity index (χ4v) is 9.09. The smallest absolute Gasteiger partial charge is 0.335 e. The van der Waals surface area contributed by atoms with Crippen molar-refractivity contribution in [2.45, 2.75) is 302 Å². The van der Waals surface area contributed by atoms with E-state index in [1.165, 1.54) is 57.8 Å². The number of carboxylic acids is 1. The SMILES string of the molecule is CC/C=C\C/C=C\C/C=C\C/C=C\CCCCCCCCC(=O)OCC(COC1OC(C(=O)O)C(O)C(O)C1OC(=O)CCCCCCC/C=C\CCCCCC)OC(=O)CCCCCCCCC/C=C\C/C=C\CCCCC. The number of carbonyl (C=O) groups is 4. The zero-order valence-corrected chi connectivity index (χ0v) is 49.8. The summed E-state index contributed by atoms with van der Waals surface area (Å²) in [5.41, 5.74) is 0. The number of rotatable bonds is 53. The minimum Gasteiger partial charge on any atom is -0.479 e. The van der Waals surface area contributed by atoms with Crippen LogP contribution in [0, 0.1) is 0 Å². The van der Waals surface area contributed by atoms with Gasteiger partial charge in [0.25, 0.3) is 0 Å². The Balaban J connectivity index is 2.69. The summed E-state index contributed by atoms with van der Waals surface area (Å²) >= 11 is 0. The third kappa shape index (κ3) is 44.3. The van der Waals surface area contributed by atoms with Gasteiger partial charge in [0.1, 0.15) is 18.8 Å². The predicted molar refractivity (Wildman–Crippen MR) is 321 cm³/mol. The molecule has 12 nitrogen and oxygen atoms in total. The van der Waals surface area contributed by atoms with Crippen LogP contribution in [0.15, 0.2) is 85.1 Å². The predicted octanol–water partition coefficient (Wildman–Crippen LogP) is 16.7. The maximum atomic E-state index is 13.2. The molecule has 1 rings (SSSR count). The van der Waals surface area contributed by atoms with Crippen LogP contribution in [0.1, 0.15) is 265 Å². The number of ether oxygens (including phenoxy) is 5. The van der Waals surface area contributed by atoms with Crippen molar-refractivity contribution in [3.05, 3.63) is 85.1 Å². The summed E-state index contributed by atoms with van der Waals surface area (Å²) in [5.74, 6) is -3.15. The minimum atomic E-state index is -1.91. The third-order valence-corrected chi connectivity index (χ3v) is 13.9. The van der Waals surface area contributed by atoms with Crippen LogP contribution in [-0.4, -0.2) is 89.2 Å². The van der Waals surface area contributed by atoms with Gasteiger partial charge in [-0.2, -0.15) is 0 Å². The van der Waals surface area contributed by atoms with Crippen molar-refractivity contribution in [2.75, 3.05) is 13.2 Å². The highest BCUT2D eigenvalue weighted by molar-refractivity contribution is 5.74. The Bertz CT molecular complexity index is 1700. The second-order valence-electron chi connectivity index (χ2n) is 21.3. The molecular formula is C67H112O12. The van der Waals surface area contributed by atoms with E-state index in [-0.39, 0.29) is 25.9 Å². The standard InChI is InChI=1S/C67H112O12/c1-4-7-10-13-16-19-22-25-27-29-30-32-33-36-38-41-44-47-50-53-59(68)75-56-58(77-60(69)54-51-48-45-42-40-37-34-31-28-26-23-20-17-14-11-8-5-2)57-76-67-65(63(72)62(71)64(79-67)66(73)74)78-61(70)55-52-49-46-43-39-35-24-21-18-15-12-9-6-3/h7,10,16-17,19-21,24-28,30,32,58,62-65,67,71-72H,4-6,8-9,11-15,18,22-23,29,31,33-57H2,1-3H3,(H,73,74)/b10-7-,19-16-,20-17-,24-21-,27-25-,28-26-,32-30-. The second-order valence-corrected chi connectivity index (χ2v) is 21.3. The van der Waals surface area contributed by atoms with Crippen LogP contribution in [-0.2, 0) is 42.9 Å². The maximum absolute atomic E-state index is 13.2. The highest BCUT2D eigenvalue weighted by atomic mass is 16.7. The van der Waals surface area contributed by atoms with Gasteiger partial charge in [-0.05, 0) is 116 Å². The zero-order valence-electron chi connectivity index (χ0n) is 49.8. The van der Waals surface area contributed by atoms with Crippen LogP contribution in [0.3, 0.4) is 0 Å². The van der Waals surface area contributed by atoms with Crippen LogP contribution in [0.5, 0.6) is 0 Å². The molecule has 1 fully saturated rings. The van der Waals surface area contributed by atoms with Gasteiger partial charge < -0.3 is 39.0 Å². The van der Waals surface area contributed by atoms with E-state index in [0.29, 0.717) is 19.3 Å². The molecule has 0 aromatic carbocycles. The number of hydrogen-bond donors (Lipinski definition) is 3. The number of carbonyl (C=O) groups excluding carboxylic acids is 3. The van der Waals surface area contributed by atoms with E-state index in [1.807, 2.05) is 0 Å². The molecule has 1 heterocycles. The summed E-state index contributed by atoms with van der Waals surface area (Å²) in [6, 6.07) is 0. The molecule has 0 aromatic heterocycles. The molecule has 1 aliphatic rings. The normalized spacial score (nSPS) is 18.4. The number of carboxylic acid groups (broad SMARTS) is 1. The van der Waals surface area contributed by atoms with Crippen LogP contribution in [0.25, 0.3) is 0 Å². The lowest BCUT2D eigenvalue weighted by atomic mass is 9.98. The Hall–Kier alpha value is -4.10. The number of unbranched alkanes of at least 4 members (excludes halogenated alkanes) is 25. The molecule has 452 valence electrons. The lowest BCUT2D eigenvalue weighted by molar-refractivity contribution is -0.301. The number of esters is 3. The zero-order chi connectivity index (χ0) is 57.5. The summed E-state index contributed by atoms with van der Waals surface area (Å²) in [5, 5.41) is 31.5. The fourth-order valence-electron chi connectivity index (χ4n) is 9.09. The van der Waals surface area contributed by atoms with E-state index in [9.17, 15) is 34.5 Å². The Morgan fingerprint density at radius 2 is 0.797 bits per heavy atom. The monoisotopic (exact) mass is 1110 g/mol. The Morgan fingerprint density at radius 3 is 1.25 bits per heavy atom. The van der Waals surface area contributed by atoms with Crippen LogP contribution in [0.2, 0.25) is 0 Å². The van der Waals surface area contributed by atoms with E-state index in [1.54, 1.807) is 0 Å². The fraction of sp³-hybridized carbons (Fsp3) is 0.731. The average Bonchev–Trinajstić information content (AvgIpc) is 3.44. The number of aliphatic hydroxyl groups excluding tert-OH is 2. The molecule has 0 bridgehead atoms. The first kappa shape index (κ1) is 72.9. The molecule has 1 saturated heterocycles. The van der Waals surface area contributed by atoms with Crippen molar-refractivity contribution < 1.29 is 58.2 Å². The highest BCUT2D eigenvalue weighted by Crippen LogP contribution is 2.26. The van der Waals surface area contributed by atoms with Crippen molar-refractivity contribution in [3.8, 4) is 0 Å². The van der Waals surface area contributed by atoms with E-state index in [4.69, 9.17) is 23.7 Å². The Morgan fingerprint density at radius 1 is 0.430 bits per heavy atom. The summed E-state index contributed by atoms with van der Waals surface area (Å²) in [6.07, 6.45) is 58.2. The number of aliphatic hydroxyl groups is 2. The second kappa shape index (κ2) is 54.5.